The van der Waals surface area contributed by atoms with Crippen molar-refractivity contribution in [2.75, 3.05) is 0 Å². The van der Waals surface area contributed by atoms with Crippen molar-refractivity contribution in [3.05, 3.63) is 60.2 Å². The van der Waals surface area contributed by atoms with Gasteiger partial charge in [-0.25, -0.2) is 0 Å². The highest BCUT2D eigenvalue weighted by molar-refractivity contribution is 5.94. The van der Waals surface area contributed by atoms with Gasteiger partial charge in [0.1, 0.15) is 11.5 Å². The smallest absolute Gasteiger partial charge is 0.306 e. The first kappa shape index (κ1) is 16.1. The van der Waals surface area contributed by atoms with Gasteiger partial charge in [0.05, 0.1) is 5.92 Å². The molecule has 124 valence electrons. The molecule has 0 aliphatic heterocycles. The standard InChI is InChI=1S/C19H19NO4/c21-18(20-15-10-9-14(11-15)19(22)23)13-5-4-8-17(12-13)24-16-6-2-1-3-7-16/h1-8,12,14-15H,9-11H2,(H,20,21)(H,22,23)/t14-,15+/m1/s1. The summed E-state index contributed by atoms with van der Waals surface area (Å²) in [6.45, 7) is 0. The predicted octanol–water partition coefficient (Wildman–Crippen LogP) is 3.46. The van der Waals surface area contributed by atoms with E-state index in [0.717, 1.165) is 0 Å². The molecule has 2 aromatic rings. The van der Waals surface area contributed by atoms with Crippen molar-refractivity contribution in [3.63, 3.8) is 0 Å². The van der Waals surface area contributed by atoms with Gasteiger partial charge in [-0.1, -0.05) is 24.3 Å². The fourth-order valence-corrected chi connectivity index (χ4v) is 2.93. The molecule has 5 nitrogen and oxygen atoms in total. The van der Waals surface area contributed by atoms with E-state index in [9.17, 15) is 9.59 Å². The Morgan fingerprint density at radius 1 is 1.00 bits per heavy atom. The van der Waals surface area contributed by atoms with Gasteiger partial charge in [-0.05, 0) is 49.6 Å². The number of para-hydroxylation sites is 1. The quantitative estimate of drug-likeness (QED) is 0.882. The number of aliphatic carboxylic acids is 1. The van der Waals surface area contributed by atoms with Gasteiger partial charge in [0, 0.05) is 11.6 Å². The van der Waals surface area contributed by atoms with Crippen LogP contribution in [0.25, 0.3) is 0 Å². The van der Waals surface area contributed by atoms with Gasteiger partial charge in [-0.2, -0.15) is 0 Å². The van der Waals surface area contributed by atoms with Crippen LogP contribution < -0.4 is 10.1 Å². The molecule has 0 radical (unpaired) electrons. The normalized spacial score (nSPS) is 19.7. The van der Waals surface area contributed by atoms with E-state index in [2.05, 4.69) is 5.32 Å². The van der Waals surface area contributed by atoms with E-state index in [4.69, 9.17) is 9.84 Å². The maximum Gasteiger partial charge on any atom is 0.306 e. The van der Waals surface area contributed by atoms with Gasteiger partial charge in [0.2, 0.25) is 0 Å². The zero-order chi connectivity index (χ0) is 16.9. The van der Waals surface area contributed by atoms with E-state index < -0.39 is 5.97 Å². The molecule has 0 aromatic heterocycles. The second-order valence-electron chi connectivity index (χ2n) is 5.96. The summed E-state index contributed by atoms with van der Waals surface area (Å²) in [7, 11) is 0. The Morgan fingerprint density at radius 2 is 1.75 bits per heavy atom. The number of hydrogen-bond acceptors (Lipinski definition) is 3. The highest BCUT2D eigenvalue weighted by Gasteiger charge is 2.30. The third-order valence-electron chi connectivity index (χ3n) is 4.19. The van der Waals surface area contributed by atoms with Crippen LogP contribution in [0.15, 0.2) is 54.6 Å². The monoisotopic (exact) mass is 325 g/mol. The fourth-order valence-electron chi connectivity index (χ4n) is 2.93. The average molecular weight is 325 g/mol. The van der Waals surface area contributed by atoms with Crippen LogP contribution in [0, 0.1) is 5.92 Å². The van der Waals surface area contributed by atoms with Gasteiger partial charge in [0.25, 0.3) is 5.91 Å². The number of hydrogen-bond donors (Lipinski definition) is 2. The molecule has 2 atom stereocenters. The van der Waals surface area contributed by atoms with Gasteiger partial charge in [-0.3, -0.25) is 9.59 Å². The summed E-state index contributed by atoms with van der Waals surface area (Å²) in [5, 5.41) is 11.9. The van der Waals surface area contributed by atoms with Crippen molar-refractivity contribution >= 4 is 11.9 Å². The minimum atomic E-state index is -0.787. The number of carbonyl (C=O) groups excluding carboxylic acids is 1. The highest BCUT2D eigenvalue weighted by atomic mass is 16.5. The molecule has 3 rings (SSSR count). The second kappa shape index (κ2) is 7.17. The van der Waals surface area contributed by atoms with E-state index in [-0.39, 0.29) is 17.9 Å². The molecule has 1 amide bonds. The molecular formula is C19H19NO4. The number of nitrogens with one attached hydrogen (secondary N) is 1. The molecule has 24 heavy (non-hydrogen) atoms. The Bertz CT molecular complexity index is 729. The van der Waals surface area contributed by atoms with Crippen LogP contribution in [-0.4, -0.2) is 23.0 Å². The van der Waals surface area contributed by atoms with Crippen molar-refractivity contribution in [2.45, 2.75) is 25.3 Å². The van der Waals surface area contributed by atoms with Crippen molar-refractivity contribution in [3.8, 4) is 11.5 Å². The van der Waals surface area contributed by atoms with Crippen molar-refractivity contribution in [1.82, 2.24) is 5.32 Å². The van der Waals surface area contributed by atoms with Crippen LogP contribution in [0.1, 0.15) is 29.6 Å². The summed E-state index contributed by atoms with van der Waals surface area (Å²) < 4.78 is 5.73. The van der Waals surface area contributed by atoms with Crippen molar-refractivity contribution in [2.24, 2.45) is 5.92 Å². The zero-order valence-corrected chi connectivity index (χ0v) is 13.1. The molecule has 2 N–H and O–H groups in total. The molecule has 1 fully saturated rings. The Morgan fingerprint density at radius 3 is 2.46 bits per heavy atom. The third kappa shape index (κ3) is 3.93. The largest absolute Gasteiger partial charge is 0.481 e. The summed E-state index contributed by atoms with van der Waals surface area (Å²) in [6.07, 6.45) is 1.79. The van der Waals surface area contributed by atoms with E-state index in [0.29, 0.717) is 36.3 Å². The van der Waals surface area contributed by atoms with Crippen molar-refractivity contribution in [1.29, 1.82) is 0 Å². The molecule has 1 aliphatic carbocycles. The zero-order valence-electron chi connectivity index (χ0n) is 13.1. The fraction of sp³-hybridized carbons (Fsp3) is 0.263. The average Bonchev–Trinajstić information content (AvgIpc) is 3.05. The third-order valence-corrected chi connectivity index (χ3v) is 4.19. The molecule has 0 bridgehead atoms. The van der Waals surface area contributed by atoms with Gasteiger partial charge < -0.3 is 15.2 Å². The number of carboxylic acid groups (broad SMARTS) is 1. The van der Waals surface area contributed by atoms with Crippen LogP contribution in [-0.2, 0) is 4.79 Å². The number of amides is 1. The van der Waals surface area contributed by atoms with Crippen LogP contribution >= 0.6 is 0 Å². The van der Waals surface area contributed by atoms with E-state index in [1.165, 1.54) is 0 Å². The lowest BCUT2D eigenvalue weighted by atomic mass is 10.1. The molecular weight excluding hydrogens is 306 g/mol. The minimum Gasteiger partial charge on any atom is -0.481 e. The Labute approximate surface area is 140 Å². The lowest BCUT2D eigenvalue weighted by molar-refractivity contribution is -0.141. The number of carbonyl (C=O) groups is 2. The molecule has 0 heterocycles. The topological polar surface area (TPSA) is 75.6 Å². The molecule has 0 spiro atoms. The van der Waals surface area contributed by atoms with Gasteiger partial charge >= 0.3 is 5.97 Å². The first-order chi connectivity index (χ1) is 11.6. The van der Waals surface area contributed by atoms with E-state index in [1.807, 2.05) is 30.3 Å². The molecule has 1 aliphatic rings. The van der Waals surface area contributed by atoms with Crippen LogP contribution in [0.2, 0.25) is 0 Å². The van der Waals surface area contributed by atoms with Gasteiger partial charge in [-0.15, -0.1) is 0 Å². The molecule has 2 aromatic carbocycles. The van der Waals surface area contributed by atoms with Crippen LogP contribution in [0.5, 0.6) is 11.5 Å². The second-order valence-corrected chi connectivity index (χ2v) is 5.96. The van der Waals surface area contributed by atoms with Crippen LogP contribution in [0.4, 0.5) is 0 Å². The van der Waals surface area contributed by atoms with E-state index in [1.54, 1.807) is 24.3 Å². The summed E-state index contributed by atoms with van der Waals surface area (Å²) in [5.41, 5.74) is 0.502. The summed E-state index contributed by atoms with van der Waals surface area (Å²) >= 11 is 0. The number of ether oxygens (including phenoxy) is 1. The maximum atomic E-state index is 12.4. The first-order valence-electron chi connectivity index (χ1n) is 7.98. The maximum absolute atomic E-state index is 12.4. The number of benzene rings is 2. The first-order valence-corrected chi connectivity index (χ1v) is 7.98. The summed E-state index contributed by atoms with van der Waals surface area (Å²) in [4.78, 5) is 23.4. The SMILES string of the molecule is O=C(N[C@H]1CC[C@@H](C(=O)O)C1)c1cccc(Oc2ccccc2)c1. The Hall–Kier alpha value is -2.82. The van der Waals surface area contributed by atoms with Crippen molar-refractivity contribution < 1.29 is 19.4 Å². The molecule has 1 saturated carbocycles. The molecule has 0 saturated heterocycles. The lowest BCUT2D eigenvalue weighted by Crippen LogP contribution is -2.33. The van der Waals surface area contributed by atoms with E-state index >= 15 is 0 Å². The minimum absolute atomic E-state index is 0.0858. The highest BCUT2D eigenvalue weighted by Crippen LogP contribution is 2.26. The number of carboxylic acids is 1. The molecule has 5 heteroatoms. The summed E-state index contributed by atoms with van der Waals surface area (Å²) in [5.74, 6) is -0.0589. The van der Waals surface area contributed by atoms with Crippen LogP contribution in [0.3, 0.4) is 0 Å². The molecule has 0 unspecified atom stereocenters. The Kier molecular flexibility index (Phi) is 4.79. The Balaban J connectivity index is 1.63. The van der Waals surface area contributed by atoms with Gasteiger partial charge in [0.15, 0.2) is 0 Å². The summed E-state index contributed by atoms with van der Waals surface area (Å²) in [6, 6.07) is 16.2. The number of rotatable bonds is 5. The lowest BCUT2D eigenvalue weighted by Gasteiger charge is -2.13. The predicted molar refractivity (Wildman–Crippen MR) is 89.2 cm³/mol.